The van der Waals surface area contributed by atoms with Crippen LogP contribution < -0.4 is 0 Å². The van der Waals surface area contributed by atoms with E-state index in [4.69, 9.17) is 0 Å². The molecule has 0 aromatic heterocycles. The Hall–Kier alpha value is -0.410. The van der Waals surface area contributed by atoms with E-state index in [1.54, 1.807) is 0 Å². The van der Waals surface area contributed by atoms with Crippen molar-refractivity contribution >= 4 is 5.78 Å². The van der Waals surface area contributed by atoms with Crippen LogP contribution in [0.1, 0.15) is 38.5 Å². The summed E-state index contributed by atoms with van der Waals surface area (Å²) in [5, 5.41) is 0. The van der Waals surface area contributed by atoms with E-state index in [0.29, 0.717) is 11.3 Å². The van der Waals surface area contributed by atoms with Gasteiger partial charge in [0.05, 0.1) is 6.04 Å². The monoisotopic (exact) mass is 224 g/mol. The third kappa shape index (κ3) is 2.03. The summed E-state index contributed by atoms with van der Waals surface area (Å²) in [6, 6.07) is 0.206. The first-order valence-corrected chi connectivity index (χ1v) is 6.45. The second-order valence-electron chi connectivity index (χ2n) is 5.76. The fourth-order valence-corrected chi connectivity index (χ4v) is 3.17. The highest BCUT2D eigenvalue weighted by Gasteiger charge is 2.42. The zero-order chi connectivity index (χ0) is 11.8. The molecular weight excluding hydrogens is 200 g/mol. The number of hydrogen-bond donors (Lipinski definition) is 0. The molecule has 0 saturated heterocycles. The van der Waals surface area contributed by atoms with Crippen LogP contribution in [0.4, 0.5) is 0 Å². The van der Waals surface area contributed by atoms with Gasteiger partial charge in [-0.15, -0.1) is 0 Å². The van der Waals surface area contributed by atoms with E-state index in [9.17, 15) is 4.79 Å². The number of likely N-dealkylation sites (N-methyl/N-ethyl adjacent to an activating group) is 2. The van der Waals surface area contributed by atoms with Gasteiger partial charge in [-0.2, -0.15) is 0 Å². The van der Waals surface area contributed by atoms with Crippen LogP contribution in [0, 0.1) is 0 Å². The molecule has 0 amide bonds. The third-order valence-corrected chi connectivity index (χ3v) is 4.58. The maximum absolute atomic E-state index is 11.7. The summed E-state index contributed by atoms with van der Waals surface area (Å²) in [6.07, 6.45) is 6.85. The van der Waals surface area contributed by atoms with Gasteiger partial charge < -0.3 is 4.90 Å². The van der Waals surface area contributed by atoms with Gasteiger partial charge >= 0.3 is 0 Å². The van der Waals surface area contributed by atoms with Crippen LogP contribution in [0.2, 0.25) is 0 Å². The maximum Gasteiger partial charge on any atom is 0.149 e. The Kier molecular flexibility index (Phi) is 3.36. The van der Waals surface area contributed by atoms with E-state index in [2.05, 4.69) is 30.9 Å². The molecule has 3 heteroatoms. The Labute approximate surface area is 98.8 Å². The summed E-state index contributed by atoms with van der Waals surface area (Å²) in [5.41, 5.74) is 0.345. The molecule has 2 fully saturated rings. The Morgan fingerprint density at radius 1 is 1.25 bits per heavy atom. The van der Waals surface area contributed by atoms with Gasteiger partial charge in [0.15, 0.2) is 0 Å². The van der Waals surface area contributed by atoms with Crippen molar-refractivity contribution in [1.82, 2.24) is 9.80 Å². The molecule has 0 radical (unpaired) electrons. The molecule has 0 aliphatic heterocycles. The molecule has 2 saturated carbocycles. The van der Waals surface area contributed by atoms with Gasteiger partial charge in [-0.05, 0) is 53.2 Å². The molecule has 2 aliphatic rings. The number of rotatable bonds is 4. The number of Topliss-reactive ketones (excluding diaryl/α,β-unsaturated/α-hetero) is 1. The number of carbonyl (C=O) groups excluding carboxylic acids is 1. The second-order valence-corrected chi connectivity index (χ2v) is 5.76. The second kappa shape index (κ2) is 4.46. The van der Waals surface area contributed by atoms with E-state index in [-0.39, 0.29) is 6.04 Å². The van der Waals surface area contributed by atoms with E-state index >= 15 is 0 Å². The van der Waals surface area contributed by atoms with Gasteiger partial charge in [-0.25, -0.2) is 0 Å². The number of carbonyl (C=O) groups is 1. The molecule has 1 unspecified atom stereocenters. The smallest absolute Gasteiger partial charge is 0.149 e. The van der Waals surface area contributed by atoms with Crippen molar-refractivity contribution in [2.45, 2.75) is 50.1 Å². The summed E-state index contributed by atoms with van der Waals surface area (Å²) in [7, 11) is 6.46. The zero-order valence-corrected chi connectivity index (χ0v) is 10.8. The minimum Gasteiger partial charge on any atom is -0.302 e. The van der Waals surface area contributed by atoms with Gasteiger partial charge in [-0.1, -0.05) is 0 Å². The average Bonchev–Trinajstić information content (AvgIpc) is 2.57. The van der Waals surface area contributed by atoms with Gasteiger partial charge in [0, 0.05) is 18.5 Å². The van der Waals surface area contributed by atoms with Gasteiger partial charge in [0.2, 0.25) is 0 Å². The van der Waals surface area contributed by atoms with E-state index in [1.165, 1.54) is 19.3 Å². The lowest BCUT2D eigenvalue weighted by molar-refractivity contribution is -0.122. The third-order valence-electron chi connectivity index (χ3n) is 4.58. The molecular formula is C13H24N2O. The Bertz CT molecular complexity index is 271. The van der Waals surface area contributed by atoms with E-state index in [0.717, 1.165) is 25.8 Å². The molecule has 0 bridgehead atoms. The van der Waals surface area contributed by atoms with Gasteiger partial charge in [0.1, 0.15) is 5.78 Å². The lowest BCUT2D eigenvalue weighted by Crippen LogP contribution is -2.58. The summed E-state index contributed by atoms with van der Waals surface area (Å²) >= 11 is 0. The molecule has 1 atom stereocenters. The fraction of sp³-hybridized carbons (Fsp3) is 0.923. The van der Waals surface area contributed by atoms with Crippen LogP contribution in [-0.4, -0.2) is 54.9 Å². The summed E-state index contributed by atoms with van der Waals surface area (Å²) in [6.45, 7) is 1.05. The van der Waals surface area contributed by atoms with Crippen molar-refractivity contribution in [3.05, 3.63) is 0 Å². The van der Waals surface area contributed by atoms with Gasteiger partial charge in [0.25, 0.3) is 0 Å². The van der Waals surface area contributed by atoms with Crippen LogP contribution in [0.5, 0.6) is 0 Å². The van der Waals surface area contributed by atoms with E-state index < -0.39 is 0 Å². The van der Waals surface area contributed by atoms with Crippen molar-refractivity contribution in [3.63, 3.8) is 0 Å². The largest absolute Gasteiger partial charge is 0.302 e. The lowest BCUT2D eigenvalue weighted by atomic mass is 9.75. The average molecular weight is 224 g/mol. The van der Waals surface area contributed by atoms with Crippen molar-refractivity contribution in [2.75, 3.05) is 27.7 Å². The summed E-state index contributed by atoms with van der Waals surface area (Å²) in [4.78, 5) is 16.4. The molecule has 16 heavy (non-hydrogen) atoms. The molecule has 92 valence electrons. The number of ketones is 1. The lowest BCUT2D eigenvalue weighted by Gasteiger charge is -2.50. The SMILES string of the molecule is CN(CC1(N(C)C)CCC1)C1CCCC1=O. The first-order valence-electron chi connectivity index (χ1n) is 6.45. The Balaban J connectivity index is 1.95. The molecule has 3 nitrogen and oxygen atoms in total. The predicted octanol–water partition coefficient (Wildman–Crippen LogP) is 1.52. The summed E-state index contributed by atoms with van der Waals surface area (Å²) in [5.74, 6) is 0.454. The Morgan fingerprint density at radius 2 is 1.94 bits per heavy atom. The molecule has 0 aromatic rings. The zero-order valence-electron chi connectivity index (χ0n) is 10.8. The molecule has 0 N–H and O–H groups in total. The first-order chi connectivity index (χ1) is 7.55. The molecule has 2 rings (SSSR count). The van der Waals surface area contributed by atoms with E-state index in [1.807, 2.05) is 0 Å². The van der Waals surface area contributed by atoms with Crippen LogP contribution in [0.3, 0.4) is 0 Å². The topological polar surface area (TPSA) is 23.6 Å². The number of nitrogens with zero attached hydrogens (tertiary/aromatic N) is 2. The highest BCUT2D eigenvalue weighted by atomic mass is 16.1. The Morgan fingerprint density at radius 3 is 2.31 bits per heavy atom. The first kappa shape index (κ1) is 12.1. The van der Waals surface area contributed by atoms with Crippen LogP contribution in [0.25, 0.3) is 0 Å². The quantitative estimate of drug-likeness (QED) is 0.723. The van der Waals surface area contributed by atoms with Crippen molar-refractivity contribution in [2.24, 2.45) is 0 Å². The van der Waals surface area contributed by atoms with Crippen LogP contribution >= 0.6 is 0 Å². The van der Waals surface area contributed by atoms with Gasteiger partial charge in [-0.3, -0.25) is 9.69 Å². The summed E-state index contributed by atoms with van der Waals surface area (Å²) < 4.78 is 0. The van der Waals surface area contributed by atoms with Crippen molar-refractivity contribution in [3.8, 4) is 0 Å². The standard InChI is InChI=1S/C13H24N2O/c1-14(2)13(8-5-9-13)10-15(3)11-6-4-7-12(11)16/h11H,4-10H2,1-3H3. The maximum atomic E-state index is 11.7. The fourth-order valence-electron chi connectivity index (χ4n) is 3.17. The highest BCUT2D eigenvalue weighted by molar-refractivity contribution is 5.85. The normalized spacial score (nSPS) is 28.8. The van der Waals surface area contributed by atoms with Crippen LogP contribution in [0.15, 0.2) is 0 Å². The van der Waals surface area contributed by atoms with Crippen molar-refractivity contribution < 1.29 is 4.79 Å². The number of hydrogen-bond acceptors (Lipinski definition) is 3. The molecule has 2 aliphatic carbocycles. The minimum absolute atomic E-state index is 0.206. The molecule has 0 spiro atoms. The minimum atomic E-state index is 0.206. The highest BCUT2D eigenvalue weighted by Crippen LogP contribution is 2.37. The van der Waals surface area contributed by atoms with Crippen LogP contribution in [-0.2, 0) is 4.79 Å². The molecule has 0 heterocycles. The predicted molar refractivity (Wildman–Crippen MR) is 65.5 cm³/mol. The van der Waals surface area contributed by atoms with Crippen molar-refractivity contribution in [1.29, 1.82) is 0 Å². The molecule has 0 aromatic carbocycles.